The van der Waals surface area contributed by atoms with Gasteiger partial charge in [0.2, 0.25) is 0 Å². The van der Waals surface area contributed by atoms with Gasteiger partial charge in [0.25, 0.3) is 5.91 Å². The highest BCUT2D eigenvalue weighted by molar-refractivity contribution is 7.80. The molecule has 1 amide bonds. The van der Waals surface area contributed by atoms with Crippen LogP contribution in [0.2, 0.25) is 0 Å². The topological polar surface area (TPSA) is 41.1 Å². The van der Waals surface area contributed by atoms with Crippen molar-refractivity contribution >= 4 is 40.7 Å². The minimum atomic E-state index is -0.166. The van der Waals surface area contributed by atoms with E-state index in [1.54, 1.807) is 17.4 Å². The summed E-state index contributed by atoms with van der Waals surface area (Å²) in [6, 6.07) is 3.99. The van der Waals surface area contributed by atoms with E-state index in [0.29, 0.717) is 10.8 Å². The van der Waals surface area contributed by atoms with E-state index in [2.05, 4.69) is 10.6 Å². The van der Waals surface area contributed by atoms with Crippen molar-refractivity contribution in [1.82, 2.24) is 10.6 Å². The lowest BCUT2D eigenvalue weighted by Gasteiger charge is -1.91. The summed E-state index contributed by atoms with van der Waals surface area (Å²) >= 11 is 6.45. The van der Waals surface area contributed by atoms with Crippen molar-refractivity contribution in [3.8, 4) is 0 Å². The molecule has 0 spiro atoms. The molecule has 14 heavy (non-hydrogen) atoms. The highest BCUT2D eigenvalue weighted by Crippen LogP contribution is 2.18. The molecule has 0 saturated carbocycles. The third-order valence-electron chi connectivity index (χ3n) is 1.77. The SMILES string of the molecule is Cc1ccc(/C=C2/NC(=S)NC2=O)s1. The second-order valence-corrected chi connectivity index (χ2v) is 4.64. The van der Waals surface area contributed by atoms with Gasteiger partial charge < -0.3 is 5.32 Å². The number of hydrogen-bond donors (Lipinski definition) is 2. The number of aryl methyl sites for hydroxylation is 1. The standard InChI is InChI=1S/C9H8N2OS2/c1-5-2-3-6(14-5)4-7-8(12)11-9(13)10-7/h2-4H,1H3,(H2,10,11,12,13)/b7-4+. The van der Waals surface area contributed by atoms with Crippen molar-refractivity contribution in [2.45, 2.75) is 6.92 Å². The number of rotatable bonds is 1. The number of amides is 1. The fraction of sp³-hybridized carbons (Fsp3) is 0.111. The van der Waals surface area contributed by atoms with Crippen LogP contribution >= 0.6 is 23.6 Å². The van der Waals surface area contributed by atoms with Crippen LogP contribution in [0.1, 0.15) is 9.75 Å². The lowest BCUT2D eigenvalue weighted by atomic mass is 10.3. The van der Waals surface area contributed by atoms with Crippen LogP contribution in [0.25, 0.3) is 6.08 Å². The molecule has 1 saturated heterocycles. The molecule has 2 rings (SSSR count). The Labute approximate surface area is 90.8 Å². The zero-order valence-corrected chi connectivity index (χ0v) is 9.09. The highest BCUT2D eigenvalue weighted by Gasteiger charge is 2.19. The fourth-order valence-electron chi connectivity index (χ4n) is 1.16. The largest absolute Gasteiger partial charge is 0.328 e. The molecule has 72 valence electrons. The first-order valence-electron chi connectivity index (χ1n) is 4.05. The van der Waals surface area contributed by atoms with Crippen LogP contribution < -0.4 is 10.6 Å². The highest BCUT2D eigenvalue weighted by atomic mass is 32.1. The predicted octanol–water partition coefficient (Wildman–Crippen LogP) is 1.40. The first kappa shape index (κ1) is 9.36. The van der Waals surface area contributed by atoms with Gasteiger partial charge in [-0.15, -0.1) is 11.3 Å². The Bertz CT molecular complexity index is 434. The molecule has 0 aromatic carbocycles. The van der Waals surface area contributed by atoms with Gasteiger partial charge in [-0.2, -0.15) is 0 Å². The van der Waals surface area contributed by atoms with E-state index in [9.17, 15) is 4.79 Å². The van der Waals surface area contributed by atoms with Crippen LogP contribution in [0, 0.1) is 6.92 Å². The van der Waals surface area contributed by atoms with Gasteiger partial charge in [0.1, 0.15) is 5.70 Å². The van der Waals surface area contributed by atoms with Gasteiger partial charge in [-0.1, -0.05) is 0 Å². The predicted molar refractivity (Wildman–Crippen MR) is 60.9 cm³/mol. The quantitative estimate of drug-likeness (QED) is 0.559. The number of carbonyl (C=O) groups is 1. The molecule has 0 aliphatic carbocycles. The molecule has 0 bridgehead atoms. The van der Waals surface area contributed by atoms with E-state index in [1.165, 1.54) is 4.88 Å². The smallest absolute Gasteiger partial charge is 0.273 e. The van der Waals surface area contributed by atoms with Gasteiger partial charge in [-0.3, -0.25) is 10.1 Å². The molecule has 5 heteroatoms. The van der Waals surface area contributed by atoms with Gasteiger partial charge in [0, 0.05) is 9.75 Å². The van der Waals surface area contributed by atoms with Gasteiger partial charge in [-0.25, -0.2) is 0 Å². The summed E-state index contributed by atoms with van der Waals surface area (Å²) in [7, 11) is 0. The molecule has 1 aliphatic rings. The molecule has 0 atom stereocenters. The van der Waals surface area contributed by atoms with Crippen molar-refractivity contribution in [1.29, 1.82) is 0 Å². The summed E-state index contributed by atoms with van der Waals surface area (Å²) in [5.41, 5.74) is 0.511. The van der Waals surface area contributed by atoms with E-state index in [-0.39, 0.29) is 5.91 Å². The maximum atomic E-state index is 11.3. The van der Waals surface area contributed by atoms with Crippen molar-refractivity contribution < 1.29 is 4.79 Å². The van der Waals surface area contributed by atoms with Crippen LogP contribution in [0.5, 0.6) is 0 Å². The minimum absolute atomic E-state index is 0.166. The Balaban J connectivity index is 2.27. The zero-order chi connectivity index (χ0) is 10.1. The molecular weight excluding hydrogens is 216 g/mol. The zero-order valence-electron chi connectivity index (χ0n) is 7.46. The van der Waals surface area contributed by atoms with E-state index < -0.39 is 0 Å². The molecule has 3 nitrogen and oxygen atoms in total. The molecule has 1 fully saturated rings. The third-order valence-corrected chi connectivity index (χ3v) is 2.92. The first-order chi connectivity index (χ1) is 6.65. The maximum Gasteiger partial charge on any atom is 0.273 e. The summed E-state index contributed by atoms with van der Waals surface area (Å²) in [5, 5.41) is 5.68. The number of nitrogens with one attached hydrogen (secondary N) is 2. The van der Waals surface area contributed by atoms with Crippen LogP contribution in [-0.4, -0.2) is 11.0 Å². The Morgan fingerprint density at radius 3 is 2.71 bits per heavy atom. The molecule has 0 unspecified atom stereocenters. The van der Waals surface area contributed by atoms with E-state index >= 15 is 0 Å². The Kier molecular flexibility index (Phi) is 2.35. The van der Waals surface area contributed by atoms with Crippen LogP contribution in [-0.2, 0) is 4.79 Å². The Morgan fingerprint density at radius 2 is 2.21 bits per heavy atom. The molecule has 0 radical (unpaired) electrons. The third kappa shape index (κ3) is 1.83. The average molecular weight is 224 g/mol. The van der Waals surface area contributed by atoms with Crippen LogP contribution in [0.4, 0.5) is 0 Å². The van der Waals surface area contributed by atoms with E-state index in [0.717, 1.165) is 4.88 Å². The molecule has 1 aromatic rings. The summed E-state index contributed by atoms with van der Waals surface area (Å²) in [6.07, 6.45) is 1.80. The van der Waals surface area contributed by atoms with E-state index in [4.69, 9.17) is 12.2 Å². The van der Waals surface area contributed by atoms with Gasteiger partial charge in [0.15, 0.2) is 5.11 Å². The Hall–Kier alpha value is -1.20. The summed E-state index contributed by atoms with van der Waals surface area (Å²) in [4.78, 5) is 13.5. The molecule has 1 aliphatic heterocycles. The van der Waals surface area contributed by atoms with Gasteiger partial charge >= 0.3 is 0 Å². The molecule has 1 aromatic heterocycles. The normalized spacial score (nSPS) is 18.5. The first-order valence-corrected chi connectivity index (χ1v) is 5.28. The Morgan fingerprint density at radius 1 is 1.43 bits per heavy atom. The van der Waals surface area contributed by atoms with Crippen LogP contribution in [0.15, 0.2) is 17.8 Å². The fourth-order valence-corrected chi connectivity index (χ4v) is 2.18. The van der Waals surface area contributed by atoms with Crippen molar-refractivity contribution in [3.05, 3.63) is 27.6 Å². The molecular formula is C9H8N2OS2. The average Bonchev–Trinajstić information content (AvgIpc) is 2.61. The molecule has 2 heterocycles. The van der Waals surface area contributed by atoms with Crippen molar-refractivity contribution in [3.63, 3.8) is 0 Å². The second kappa shape index (κ2) is 3.51. The summed E-state index contributed by atoms with van der Waals surface area (Å²) in [5.74, 6) is -0.166. The van der Waals surface area contributed by atoms with Crippen molar-refractivity contribution in [2.24, 2.45) is 0 Å². The summed E-state index contributed by atoms with van der Waals surface area (Å²) in [6.45, 7) is 2.03. The van der Waals surface area contributed by atoms with E-state index in [1.807, 2.05) is 19.1 Å². The monoisotopic (exact) mass is 224 g/mol. The summed E-state index contributed by atoms with van der Waals surface area (Å²) < 4.78 is 0. The minimum Gasteiger partial charge on any atom is -0.328 e. The van der Waals surface area contributed by atoms with Crippen molar-refractivity contribution in [2.75, 3.05) is 0 Å². The lowest BCUT2D eigenvalue weighted by molar-refractivity contribution is -0.115. The second-order valence-electron chi connectivity index (χ2n) is 2.91. The van der Waals surface area contributed by atoms with Gasteiger partial charge in [0.05, 0.1) is 0 Å². The molecule has 2 N–H and O–H groups in total. The number of thiophene rings is 1. The number of carbonyl (C=O) groups excluding carboxylic acids is 1. The lowest BCUT2D eigenvalue weighted by Crippen LogP contribution is -2.21. The maximum absolute atomic E-state index is 11.3. The number of thiocarbonyl (C=S) groups is 1. The van der Waals surface area contributed by atoms with Gasteiger partial charge in [-0.05, 0) is 37.4 Å². The number of hydrogen-bond acceptors (Lipinski definition) is 3. The van der Waals surface area contributed by atoms with Crippen LogP contribution in [0.3, 0.4) is 0 Å².